The molecule has 0 bridgehead atoms. The average Bonchev–Trinajstić information content (AvgIpc) is 2.18. The highest BCUT2D eigenvalue weighted by Crippen LogP contribution is 2.37. The molecule has 1 N–H and O–H groups in total. The molecule has 0 spiro atoms. The largest absolute Gasteiger partial charge is 0.481 e. The van der Waals surface area contributed by atoms with E-state index in [1.807, 2.05) is 0 Å². The molecule has 0 aromatic rings. The fraction of sp³-hybridized carbons (Fsp3) is 0.929. The number of piperidine rings is 1. The molecular formula is C14H27NO2. The van der Waals surface area contributed by atoms with Gasteiger partial charge in [-0.1, -0.05) is 27.7 Å². The lowest BCUT2D eigenvalue weighted by Gasteiger charge is -2.43. The molecule has 3 nitrogen and oxygen atoms in total. The fourth-order valence-electron chi connectivity index (χ4n) is 2.50. The Labute approximate surface area is 105 Å². The van der Waals surface area contributed by atoms with Crippen molar-refractivity contribution in [2.45, 2.75) is 47.0 Å². The maximum Gasteiger partial charge on any atom is 0.303 e. The summed E-state index contributed by atoms with van der Waals surface area (Å²) in [6, 6.07) is 0. The van der Waals surface area contributed by atoms with E-state index in [2.05, 4.69) is 32.6 Å². The minimum absolute atomic E-state index is 0.173. The highest BCUT2D eigenvalue weighted by atomic mass is 16.4. The molecule has 1 saturated heterocycles. The van der Waals surface area contributed by atoms with Crippen LogP contribution in [0.4, 0.5) is 0 Å². The van der Waals surface area contributed by atoms with Crippen molar-refractivity contribution >= 4 is 5.97 Å². The van der Waals surface area contributed by atoms with E-state index in [1.165, 1.54) is 6.42 Å². The van der Waals surface area contributed by atoms with Gasteiger partial charge < -0.3 is 10.0 Å². The van der Waals surface area contributed by atoms with Crippen molar-refractivity contribution in [3.05, 3.63) is 0 Å². The molecule has 0 aliphatic carbocycles. The molecule has 1 rings (SSSR count). The third kappa shape index (κ3) is 4.66. The highest BCUT2D eigenvalue weighted by molar-refractivity contribution is 5.67. The van der Waals surface area contributed by atoms with Gasteiger partial charge in [0.1, 0.15) is 0 Å². The Bertz CT molecular complexity index is 259. The number of carbonyl (C=O) groups is 1. The molecule has 1 aliphatic heterocycles. The van der Waals surface area contributed by atoms with Crippen LogP contribution in [0.1, 0.15) is 47.0 Å². The van der Waals surface area contributed by atoms with E-state index < -0.39 is 5.97 Å². The standard InChI is InChI=1S/C14H27NO2/c1-11(2)5-7-15-8-6-14(3,4)12(10-15)9-13(16)17/h11-12H,5-10H2,1-4H3,(H,16,17). The quantitative estimate of drug-likeness (QED) is 0.804. The van der Waals surface area contributed by atoms with Crippen LogP contribution in [-0.4, -0.2) is 35.6 Å². The van der Waals surface area contributed by atoms with Gasteiger partial charge in [0.15, 0.2) is 0 Å². The Morgan fingerprint density at radius 3 is 2.65 bits per heavy atom. The molecule has 0 aromatic carbocycles. The third-order valence-corrected chi connectivity index (χ3v) is 4.10. The van der Waals surface area contributed by atoms with Gasteiger partial charge in [0.2, 0.25) is 0 Å². The van der Waals surface area contributed by atoms with E-state index in [-0.39, 0.29) is 5.41 Å². The topological polar surface area (TPSA) is 40.5 Å². The summed E-state index contributed by atoms with van der Waals surface area (Å²) < 4.78 is 0. The number of aliphatic carboxylic acids is 1. The van der Waals surface area contributed by atoms with Crippen LogP contribution < -0.4 is 0 Å². The Morgan fingerprint density at radius 2 is 2.12 bits per heavy atom. The molecule has 0 amide bonds. The summed E-state index contributed by atoms with van der Waals surface area (Å²) in [5.41, 5.74) is 0.173. The summed E-state index contributed by atoms with van der Waals surface area (Å²) in [5, 5.41) is 8.98. The minimum atomic E-state index is -0.659. The first kappa shape index (κ1) is 14.5. The molecule has 1 aliphatic rings. The number of carboxylic acids is 1. The summed E-state index contributed by atoms with van der Waals surface area (Å²) in [7, 11) is 0. The monoisotopic (exact) mass is 241 g/mol. The second kappa shape index (κ2) is 5.85. The van der Waals surface area contributed by atoms with Crippen LogP contribution in [0.3, 0.4) is 0 Å². The molecule has 0 aromatic heterocycles. The molecular weight excluding hydrogens is 214 g/mol. The van der Waals surface area contributed by atoms with E-state index in [1.54, 1.807) is 0 Å². The lowest BCUT2D eigenvalue weighted by atomic mass is 9.72. The molecule has 1 fully saturated rings. The van der Waals surface area contributed by atoms with Crippen LogP contribution in [0.2, 0.25) is 0 Å². The molecule has 3 heteroatoms. The van der Waals surface area contributed by atoms with E-state index in [0.29, 0.717) is 12.3 Å². The second-order valence-corrected chi connectivity index (χ2v) is 6.52. The van der Waals surface area contributed by atoms with Gasteiger partial charge in [0.05, 0.1) is 0 Å². The zero-order chi connectivity index (χ0) is 13.1. The van der Waals surface area contributed by atoms with Crippen molar-refractivity contribution in [3.8, 4) is 0 Å². The van der Waals surface area contributed by atoms with Gasteiger partial charge in [-0.05, 0) is 43.2 Å². The number of rotatable bonds is 5. The zero-order valence-electron chi connectivity index (χ0n) is 11.7. The van der Waals surface area contributed by atoms with Crippen molar-refractivity contribution in [1.29, 1.82) is 0 Å². The highest BCUT2D eigenvalue weighted by Gasteiger charge is 2.36. The summed E-state index contributed by atoms with van der Waals surface area (Å²) in [6.45, 7) is 12.1. The van der Waals surface area contributed by atoms with E-state index in [4.69, 9.17) is 5.11 Å². The lowest BCUT2D eigenvalue weighted by Crippen LogP contribution is -2.45. The first-order chi connectivity index (χ1) is 7.81. The van der Waals surface area contributed by atoms with Gasteiger partial charge in [-0.15, -0.1) is 0 Å². The van der Waals surface area contributed by atoms with Crippen molar-refractivity contribution in [2.24, 2.45) is 17.3 Å². The predicted molar refractivity (Wildman–Crippen MR) is 70.0 cm³/mol. The molecule has 1 heterocycles. The van der Waals surface area contributed by atoms with Gasteiger partial charge in [-0.2, -0.15) is 0 Å². The van der Waals surface area contributed by atoms with Crippen LogP contribution >= 0.6 is 0 Å². The number of hydrogen-bond acceptors (Lipinski definition) is 2. The third-order valence-electron chi connectivity index (χ3n) is 4.10. The van der Waals surface area contributed by atoms with Crippen LogP contribution in [0, 0.1) is 17.3 Å². The normalized spacial score (nSPS) is 25.1. The van der Waals surface area contributed by atoms with Crippen molar-refractivity contribution in [2.75, 3.05) is 19.6 Å². The maximum absolute atomic E-state index is 10.9. The predicted octanol–water partition coefficient (Wildman–Crippen LogP) is 2.86. The molecule has 100 valence electrons. The van der Waals surface area contributed by atoms with Crippen molar-refractivity contribution < 1.29 is 9.90 Å². The van der Waals surface area contributed by atoms with E-state index >= 15 is 0 Å². The Kier molecular flexibility index (Phi) is 4.99. The summed E-state index contributed by atoms with van der Waals surface area (Å²) in [4.78, 5) is 13.4. The number of hydrogen-bond donors (Lipinski definition) is 1. The average molecular weight is 241 g/mol. The van der Waals surface area contributed by atoms with Crippen LogP contribution in [-0.2, 0) is 4.79 Å². The van der Waals surface area contributed by atoms with E-state index in [0.717, 1.165) is 32.0 Å². The number of likely N-dealkylation sites (tertiary alicyclic amines) is 1. The van der Waals surface area contributed by atoms with Crippen LogP contribution in [0.5, 0.6) is 0 Å². The minimum Gasteiger partial charge on any atom is -0.481 e. The van der Waals surface area contributed by atoms with Gasteiger partial charge in [-0.25, -0.2) is 0 Å². The van der Waals surface area contributed by atoms with Crippen LogP contribution in [0.15, 0.2) is 0 Å². The Hall–Kier alpha value is -0.570. The van der Waals surface area contributed by atoms with E-state index in [9.17, 15) is 4.79 Å². The number of nitrogens with zero attached hydrogens (tertiary/aromatic N) is 1. The molecule has 0 radical (unpaired) electrons. The molecule has 17 heavy (non-hydrogen) atoms. The maximum atomic E-state index is 10.9. The second-order valence-electron chi connectivity index (χ2n) is 6.52. The summed E-state index contributed by atoms with van der Waals surface area (Å²) in [5.74, 6) is 0.359. The SMILES string of the molecule is CC(C)CCN1CCC(C)(C)C(CC(=O)O)C1. The van der Waals surface area contributed by atoms with Gasteiger partial charge in [0.25, 0.3) is 0 Å². The van der Waals surface area contributed by atoms with Crippen LogP contribution in [0.25, 0.3) is 0 Å². The Balaban J connectivity index is 2.51. The summed E-state index contributed by atoms with van der Waals surface area (Å²) >= 11 is 0. The van der Waals surface area contributed by atoms with Crippen molar-refractivity contribution in [3.63, 3.8) is 0 Å². The molecule has 0 saturated carbocycles. The summed E-state index contributed by atoms with van der Waals surface area (Å²) in [6.07, 6.45) is 2.63. The first-order valence-electron chi connectivity index (χ1n) is 6.75. The smallest absolute Gasteiger partial charge is 0.303 e. The first-order valence-corrected chi connectivity index (χ1v) is 6.75. The molecule has 1 atom stereocenters. The fourth-order valence-corrected chi connectivity index (χ4v) is 2.50. The zero-order valence-corrected chi connectivity index (χ0v) is 11.7. The van der Waals surface area contributed by atoms with Gasteiger partial charge in [-0.3, -0.25) is 4.79 Å². The van der Waals surface area contributed by atoms with Gasteiger partial charge in [0, 0.05) is 13.0 Å². The van der Waals surface area contributed by atoms with Crippen molar-refractivity contribution in [1.82, 2.24) is 4.90 Å². The Morgan fingerprint density at radius 1 is 1.47 bits per heavy atom. The van der Waals surface area contributed by atoms with Gasteiger partial charge >= 0.3 is 5.97 Å². The number of carboxylic acid groups (broad SMARTS) is 1. The lowest BCUT2D eigenvalue weighted by molar-refractivity contribution is -0.140. The molecule has 1 unspecified atom stereocenters.